The zero-order valence-corrected chi connectivity index (χ0v) is 11.0. The molecule has 7 nitrogen and oxygen atoms in total. The van der Waals surface area contributed by atoms with Crippen molar-refractivity contribution in [1.29, 1.82) is 0 Å². The number of carbonyl (C=O) groups is 2. The summed E-state index contributed by atoms with van der Waals surface area (Å²) in [6.07, 6.45) is -4.80. The molecule has 1 aliphatic rings. The molecule has 0 saturated carbocycles. The second-order valence-electron chi connectivity index (χ2n) is 4.14. The van der Waals surface area contributed by atoms with Crippen molar-refractivity contribution < 1.29 is 42.4 Å². The van der Waals surface area contributed by atoms with Crippen LogP contribution in [0.3, 0.4) is 0 Å². The Bertz CT molecular complexity index is 560. The Hall–Kier alpha value is -2.49. The largest absolute Gasteiger partial charge is 0.490 e. The lowest BCUT2D eigenvalue weighted by molar-refractivity contribution is -0.192. The molecular formula is C12H12F3NO6. The molecule has 0 amide bonds. The Kier molecular flexibility index (Phi) is 5.57. The van der Waals surface area contributed by atoms with E-state index in [0.29, 0.717) is 11.5 Å². The van der Waals surface area contributed by atoms with Gasteiger partial charge in [-0.1, -0.05) is 6.07 Å². The van der Waals surface area contributed by atoms with E-state index in [4.69, 9.17) is 30.2 Å². The maximum absolute atomic E-state index is 10.6. The molecule has 2 rings (SSSR count). The summed E-state index contributed by atoms with van der Waals surface area (Å²) in [5, 5.41) is 15.8. The van der Waals surface area contributed by atoms with E-state index in [2.05, 4.69) is 0 Å². The van der Waals surface area contributed by atoms with Crippen LogP contribution < -0.4 is 15.2 Å². The van der Waals surface area contributed by atoms with E-state index in [1.54, 1.807) is 18.2 Å². The summed E-state index contributed by atoms with van der Waals surface area (Å²) in [7, 11) is 0. The molecule has 0 fully saturated rings. The zero-order chi connectivity index (χ0) is 16.9. The van der Waals surface area contributed by atoms with Crippen molar-refractivity contribution in [3.8, 4) is 11.5 Å². The number of aliphatic carboxylic acids is 2. The van der Waals surface area contributed by atoms with Crippen molar-refractivity contribution in [1.82, 2.24) is 0 Å². The normalized spacial score (nSPS) is 13.8. The lowest BCUT2D eigenvalue weighted by atomic mass is 10.1. The number of alkyl halides is 3. The minimum atomic E-state index is -5.08. The molecule has 0 aromatic heterocycles. The summed E-state index contributed by atoms with van der Waals surface area (Å²) in [4.78, 5) is 19.5. The molecule has 0 unspecified atom stereocenters. The number of hydrogen-bond acceptors (Lipinski definition) is 5. The fourth-order valence-corrected chi connectivity index (χ4v) is 1.41. The third-order valence-corrected chi connectivity index (χ3v) is 2.45. The maximum Gasteiger partial charge on any atom is 0.490 e. The van der Waals surface area contributed by atoms with Crippen molar-refractivity contribution in [2.24, 2.45) is 5.73 Å². The average molecular weight is 323 g/mol. The molecule has 4 N–H and O–H groups in total. The van der Waals surface area contributed by atoms with E-state index in [9.17, 15) is 18.0 Å². The molecule has 1 atom stereocenters. The molecule has 10 heteroatoms. The SMILES string of the molecule is N[C@@H](Cc1ccc2c(c1)OCO2)C(=O)O.O=C(O)C(F)(F)F. The molecule has 22 heavy (non-hydrogen) atoms. The first kappa shape index (κ1) is 17.6. The van der Waals surface area contributed by atoms with Crippen LogP contribution in [-0.2, 0) is 16.0 Å². The van der Waals surface area contributed by atoms with Gasteiger partial charge in [-0.05, 0) is 24.1 Å². The van der Waals surface area contributed by atoms with Gasteiger partial charge in [0, 0.05) is 0 Å². The van der Waals surface area contributed by atoms with Crippen LogP contribution in [0.1, 0.15) is 5.56 Å². The zero-order valence-electron chi connectivity index (χ0n) is 11.0. The number of carboxylic acids is 2. The number of carboxylic acid groups (broad SMARTS) is 2. The number of halogens is 3. The molecule has 1 aromatic rings. The second kappa shape index (κ2) is 6.98. The lowest BCUT2D eigenvalue weighted by Gasteiger charge is -2.06. The van der Waals surface area contributed by atoms with Crippen molar-refractivity contribution in [2.75, 3.05) is 6.79 Å². The van der Waals surface area contributed by atoms with Crippen LogP contribution in [0.15, 0.2) is 18.2 Å². The van der Waals surface area contributed by atoms with Crippen LogP contribution in [0, 0.1) is 0 Å². The Morgan fingerprint density at radius 2 is 1.77 bits per heavy atom. The van der Waals surface area contributed by atoms with Crippen LogP contribution >= 0.6 is 0 Å². The lowest BCUT2D eigenvalue weighted by Crippen LogP contribution is -2.32. The summed E-state index contributed by atoms with van der Waals surface area (Å²) in [6.45, 7) is 0.212. The summed E-state index contributed by atoms with van der Waals surface area (Å²) in [6, 6.07) is 4.42. The summed E-state index contributed by atoms with van der Waals surface area (Å²) in [5.74, 6) is -2.44. The predicted octanol–water partition coefficient (Wildman–Crippen LogP) is 1.00. The molecule has 0 aliphatic carbocycles. The summed E-state index contributed by atoms with van der Waals surface area (Å²) in [5.41, 5.74) is 6.25. The van der Waals surface area contributed by atoms with Crippen LogP contribution in [0.25, 0.3) is 0 Å². The molecule has 0 spiro atoms. The summed E-state index contributed by atoms with van der Waals surface area (Å²) >= 11 is 0. The molecule has 0 radical (unpaired) electrons. The minimum absolute atomic E-state index is 0.212. The van der Waals surface area contributed by atoms with E-state index in [-0.39, 0.29) is 13.2 Å². The highest BCUT2D eigenvalue weighted by atomic mass is 19.4. The summed E-state index contributed by atoms with van der Waals surface area (Å²) < 4.78 is 42.0. The molecule has 0 bridgehead atoms. The van der Waals surface area contributed by atoms with Gasteiger partial charge in [-0.3, -0.25) is 4.79 Å². The number of hydrogen-bond donors (Lipinski definition) is 3. The highest BCUT2D eigenvalue weighted by Crippen LogP contribution is 2.32. The van der Waals surface area contributed by atoms with E-state index in [1.165, 1.54) is 0 Å². The quantitative estimate of drug-likeness (QED) is 0.759. The first-order chi connectivity index (χ1) is 10.1. The number of nitrogens with two attached hydrogens (primary N) is 1. The standard InChI is InChI=1S/C10H11NO4.C2HF3O2/c11-7(10(12)13)3-6-1-2-8-9(4-6)15-5-14-8;3-2(4,5)1(6)7/h1-2,4,7H,3,5,11H2,(H,12,13);(H,6,7)/t7-;/m0./s1. The number of rotatable bonds is 3. The highest BCUT2D eigenvalue weighted by Gasteiger charge is 2.38. The molecular weight excluding hydrogens is 311 g/mol. The van der Waals surface area contributed by atoms with Gasteiger partial charge in [0.05, 0.1) is 0 Å². The Labute approximate surface area is 122 Å². The van der Waals surface area contributed by atoms with Gasteiger partial charge in [0.2, 0.25) is 6.79 Å². The van der Waals surface area contributed by atoms with E-state index in [1.807, 2.05) is 0 Å². The van der Waals surface area contributed by atoms with E-state index < -0.39 is 24.2 Å². The maximum atomic E-state index is 10.6. The fraction of sp³-hybridized carbons (Fsp3) is 0.333. The van der Waals surface area contributed by atoms with Gasteiger partial charge in [0.15, 0.2) is 11.5 Å². The van der Waals surface area contributed by atoms with Gasteiger partial charge in [0.1, 0.15) is 6.04 Å². The van der Waals surface area contributed by atoms with Crippen molar-refractivity contribution in [3.05, 3.63) is 23.8 Å². The smallest absolute Gasteiger partial charge is 0.480 e. The van der Waals surface area contributed by atoms with Crippen molar-refractivity contribution in [3.63, 3.8) is 0 Å². The van der Waals surface area contributed by atoms with Crippen LogP contribution in [0.2, 0.25) is 0 Å². The first-order valence-electron chi connectivity index (χ1n) is 5.78. The number of benzene rings is 1. The van der Waals surface area contributed by atoms with Crippen LogP contribution in [-0.4, -0.2) is 41.2 Å². The van der Waals surface area contributed by atoms with Gasteiger partial charge in [-0.2, -0.15) is 13.2 Å². The van der Waals surface area contributed by atoms with Crippen molar-refractivity contribution >= 4 is 11.9 Å². The van der Waals surface area contributed by atoms with Crippen LogP contribution in [0.5, 0.6) is 11.5 Å². The van der Waals surface area contributed by atoms with Gasteiger partial charge in [-0.25, -0.2) is 4.79 Å². The van der Waals surface area contributed by atoms with Gasteiger partial charge < -0.3 is 25.4 Å². The molecule has 0 saturated heterocycles. The molecule has 1 aromatic carbocycles. The topological polar surface area (TPSA) is 119 Å². The first-order valence-corrected chi connectivity index (χ1v) is 5.78. The van der Waals surface area contributed by atoms with Gasteiger partial charge in [-0.15, -0.1) is 0 Å². The van der Waals surface area contributed by atoms with Gasteiger partial charge in [0.25, 0.3) is 0 Å². The monoisotopic (exact) mass is 323 g/mol. The minimum Gasteiger partial charge on any atom is -0.480 e. The Morgan fingerprint density at radius 1 is 1.23 bits per heavy atom. The average Bonchev–Trinajstić information content (AvgIpc) is 2.85. The van der Waals surface area contributed by atoms with Gasteiger partial charge >= 0.3 is 18.1 Å². The molecule has 1 aliphatic heterocycles. The third-order valence-electron chi connectivity index (χ3n) is 2.45. The third kappa shape index (κ3) is 5.13. The Balaban J connectivity index is 0.000000295. The molecule has 122 valence electrons. The predicted molar refractivity (Wildman–Crippen MR) is 65.6 cm³/mol. The van der Waals surface area contributed by atoms with E-state index in [0.717, 1.165) is 5.56 Å². The van der Waals surface area contributed by atoms with E-state index >= 15 is 0 Å². The Morgan fingerprint density at radius 3 is 2.27 bits per heavy atom. The number of ether oxygens (including phenoxy) is 2. The second-order valence-corrected chi connectivity index (χ2v) is 4.14. The van der Waals surface area contributed by atoms with Crippen LogP contribution in [0.4, 0.5) is 13.2 Å². The van der Waals surface area contributed by atoms with Crippen molar-refractivity contribution in [2.45, 2.75) is 18.6 Å². The molecule has 1 heterocycles. The highest BCUT2D eigenvalue weighted by molar-refractivity contribution is 5.73. The number of fused-ring (bicyclic) bond motifs is 1. The fourth-order valence-electron chi connectivity index (χ4n) is 1.41.